The third kappa shape index (κ3) is 2.61. The number of benzene rings is 1. The van der Waals surface area contributed by atoms with Crippen LogP contribution < -0.4 is 10.6 Å². The number of nitrogens with zero attached hydrogens (tertiary/aromatic N) is 2. The van der Waals surface area contributed by atoms with E-state index in [2.05, 4.69) is 32.7 Å². The highest BCUT2D eigenvalue weighted by Gasteiger charge is 2.23. The van der Waals surface area contributed by atoms with Crippen LogP contribution in [-0.2, 0) is 17.8 Å². The Labute approximate surface area is 111 Å². The first-order valence-corrected chi connectivity index (χ1v) is 6.19. The van der Waals surface area contributed by atoms with Crippen LogP contribution in [0.3, 0.4) is 0 Å². The van der Waals surface area contributed by atoms with Crippen LogP contribution in [0.25, 0.3) is 0 Å². The van der Waals surface area contributed by atoms with Gasteiger partial charge in [-0.15, -0.1) is 0 Å². The van der Waals surface area contributed by atoms with Gasteiger partial charge >= 0.3 is 0 Å². The van der Waals surface area contributed by atoms with Crippen molar-refractivity contribution in [3.05, 3.63) is 54.1 Å². The molecule has 19 heavy (non-hydrogen) atoms. The lowest BCUT2D eigenvalue weighted by atomic mass is 9.95. The second-order valence-corrected chi connectivity index (χ2v) is 4.52. The topological polar surface area (TPSA) is 66.9 Å². The molecule has 3 rings (SSSR count). The normalized spacial score (nSPS) is 17.6. The van der Waals surface area contributed by atoms with Gasteiger partial charge in [0, 0.05) is 6.54 Å². The van der Waals surface area contributed by atoms with Gasteiger partial charge in [-0.05, 0) is 17.5 Å². The molecule has 96 valence electrons. The zero-order chi connectivity index (χ0) is 13.1. The SMILES string of the molecule is O=C(Nc1cncnc1)C1Cc2ccccc2CN1. The van der Waals surface area contributed by atoms with E-state index in [0.717, 1.165) is 6.54 Å². The third-order valence-electron chi connectivity index (χ3n) is 3.23. The minimum atomic E-state index is -0.213. The summed E-state index contributed by atoms with van der Waals surface area (Å²) in [6, 6.07) is 7.96. The second-order valence-electron chi connectivity index (χ2n) is 4.52. The average molecular weight is 254 g/mol. The molecule has 2 aromatic rings. The van der Waals surface area contributed by atoms with Crippen molar-refractivity contribution >= 4 is 11.6 Å². The minimum absolute atomic E-state index is 0.0516. The molecule has 1 unspecified atom stereocenters. The minimum Gasteiger partial charge on any atom is -0.322 e. The van der Waals surface area contributed by atoms with Gasteiger partial charge in [0.15, 0.2) is 0 Å². The molecule has 5 heteroatoms. The summed E-state index contributed by atoms with van der Waals surface area (Å²) < 4.78 is 0. The summed E-state index contributed by atoms with van der Waals surface area (Å²) in [4.78, 5) is 19.9. The summed E-state index contributed by atoms with van der Waals surface area (Å²) in [5, 5.41) is 6.06. The number of hydrogen-bond acceptors (Lipinski definition) is 4. The molecule has 0 spiro atoms. The van der Waals surface area contributed by atoms with Gasteiger partial charge in [0.25, 0.3) is 0 Å². The van der Waals surface area contributed by atoms with E-state index >= 15 is 0 Å². The van der Waals surface area contributed by atoms with Gasteiger partial charge in [0.1, 0.15) is 6.33 Å². The van der Waals surface area contributed by atoms with Crippen LogP contribution in [0.2, 0.25) is 0 Å². The summed E-state index contributed by atoms with van der Waals surface area (Å²) in [5.41, 5.74) is 3.11. The Kier molecular flexibility index (Phi) is 3.20. The molecular formula is C14H14N4O. The first kappa shape index (κ1) is 11.8. The molecule has 1 amide bonds. The van der Waals surface area contributed by atoms with Crippen LogP contribution in [0.5, 0.6) is 0 Å². The molecule has 0 aliphatic carbocycles. The van der Waals surface area contributed by atoms with Crippen molar-refractivity contribution < 1.29 is 4.79 Å². The lowest BCUT2D eigenvalue weighted by molar-refractivity contribution is -0.118. The summed E-state index contributed by atoms with van der Waals surface area (Å²) >= 11 is 0. The molecule has 0 fully saturated rings. The van der Waals surface area contributed by atoms with Crippen molar-refractivity contribution in [2.24, 2.45) is 0 Å². The van der Waals surface area contributed by atoms with Gasteiger partial charge in [0.05, 0.1) is 24.1 Å². The van der Waals surface area contributed by atoms with Crippen molar-refractivity contribution in [2.45, 2.75) is 19.0 Å². The predicted molar refractivity (Wildman–Crippen MR) is 71.4 cm³/mol. The number of aromatic nitrogens is 2. The Bertz CT molecular complexity index is 585. The number of carbonyl (C=O) groups is 1. The standard InChI is InChI=1S/C14H14N4O/c19-14(18-12-7-15-9-16-8-12)13-5-10-3-1-2-4-11(10)6-17-13/h1-4,7-9,13,17H,5-6H2,(H,18,19). The van der Waals surface area contributed by atoms with Crippen molar-refractivity contribution in [1.29, 1.82) is 0 Å². The van der Waals surface area contributed by atoms with Crippen molar-refractivity contribution in [1.82, 2.24) is 15.3 Å². The van der Waals surface area contributed by atoms with E-state index in [-0.39, 0.29) is 11.9 Å². The van der Waals surface area contributed by atoms with E-state index < -0.39 is 0 Å². The van der Waals surface area contributed by atoms with Gasteiger partial charge in [-0.3, -0.25) is 4.79 Å². The number of nitrogens with one attached hydrogen (secondary N) is 2. The third-order valence-corrected chi connectivity index (χ3v) is 3.23. The highest BCUT2D eigenvalue weighted by atomic mass is 16.2. The molecule has 1 aliphatic heterocycles. The number of hydrogen-bond donors (Lipinski definition) is 2. The Morgan fingerprint density at radius 2 is 1.95 bits per heavy atom. The van der Waals surface area contributed by atoms with E-state index in [1.807, 2.05) is 12.1 Å². The van der Waals surface area contributed by atoms with Gasteiger partial charge < -0.3 is 10.6 Å². The fraction of sp³-hybridized carbons (Fsp3) is 0.214. The molecule has 1 atom stereocenters. The number of rotatable bonds is 2. The lowest BCUT2D eigenvalue weighted by Crippen LogP contribution is -2.44. The Balaban J connectivity index is 1.70. The fourth-order valence-electron chi connectivity index (χ4n) is 2.23. The van der Waals surface area contributed by atoms with Gasteiger partial charge in [0.2, 0.25) is 5.91 Å². The number of carbonyl (C=O) groups excluding carboxylic acids is 1. The first-order valence-electron chi connectivity index (χ1n) is 6.19. The average Bonchev–Trinajstić information content (AvgIpc) is 2.48. The van der Waals surface area contributed by atoms with Gasteiger partial charge in [-0.1, -0.05) is 24.3 Å². The lowest BCUT2D eigenvalue weighted by Gasteiger charge is -2.25. The van der Waals surface area contributed by atoms with Gasteiger partial charge in [-0.2, -0.15) is 0 Å². The van der Waals surface area contributed by atoms with Crippen molar-refractivity contribution in [2.75, 3.05) is 5.32 Å². The highest BCUT2D eigenvalue weighted by Crippen LogP contribution is 2.17. The summed E-state index contributed by atoms with van der Waals surface area (Å²) in [5.74, 6) is -0.0516. The predicted octanol–water partition coefficient (Wildman–Crippen LogP) is 1.13. The van der Waals surface area contributed by atoms with Crippen molar-refractivity contribution in [3.63, 3.8) is 0 Å². The van der Waals surface area contributed by atoms with E-state index in [0.29, 0.717) is 12.1 Å². The van der Waals surface area contributed by atoms with Crippen LogP contribution in [0, 0.1) is 0 Å². The Morgan fingerprint density at radius 3 is 2.74 bits per heavy atom. The molecule has 0 saturated carbocycles. The Morgan fingerprint density at radius 1 is 1.21 bits per heavy atom. The van der Waals surface area contributed by atoms with Crippen LogP contribution >= 0.6 is 0 Å². The molecule has 0 saturated heterocycles. The summed E-state index contributed by atoms with van der Waals surface area (Å²) in [6.07, 6.45) is 5.31. The number of fused-ring (bicyclic) bond motifs is 1. The molecule has 1 aliphatic rings. The summed E-state index contributed by atoms with van der Waals surface area (Å²) in [7, 11) is 0. The molecule has 1 aromatic heterocycles. The number of anilines is 1. The smallest absolute Gasteiger partial charge is 0.241 e. The Hall–Kier alpha value is -2.27. The van der Waals surface area contributed by atoms with E-state index in [1.54, 1.807) is 12.4 Å². The zero-order valence-corrected chi connectivity index (χ0v) is 10.3. The van der Waals surface area contributed by atoms with Crippen LogP contribution in [0.15, 0.2) is 43.0 Å². The quantitative estimate of drug-likeness (QED) is 0.843. The maximum Gasteiger partial charge on any atom is 0.241 e. The molecule has 2 N–H and O–H groups in total. The largest absolute Gasteiger partial charge is 0.322 e. The molecule has 0 bridgehead atoms. The van der Waals surface area contributed by atoms with Crippen LogP contribution in [0.4, 0.5) is 5.69 Å². The molecule has 0 radical (unpaired) electrons. The molecule has 1 aromatic carbocycles. The van der Waals surface area contributed by atoms with Gasteiger partial charge in [-0.25, -0.2) is 9.97 Å². The fourth-order valence-corrected chi connectivity index (χ4v) is 2.23. The monoisotopic (exact) mass is 254 g/mol. The highest BCUT2D eigenvalue weighted by molar-refractivity contribution is 5.94. The first-order chi connectivity index (χ1) is 9.33. The maximum atomic E-state index is 12.1. The van der Waals surface area contributed by atoms with E-state index in [9.17, 15) is 4.79 Å². The maximum absolute atomic E-state index is 12.1. The molecule has 5 nitrogen and oxygen atoms in total. The zero-order valence-electron chi connectivity index (χ0n) is 10.3. The van der Waals surface area contributed by atoms with E-state index in [4.69, 9.17) is 0 Å². The van der Waals surface area contributed by atoms with Crippen LogP contribution in [-0.4, -0.2) is 21.9 Å². The molecular weight excluding hydrogens is 240 g/mol. The second kappa shape index (κ2) is 5.16. The van der Waals surface area contributed by atoms with E-state index in [1.165, 1.54) is 17.5 Å². The summed E-state index contributed by atoms with van der Waals surface area (Å²) in [6.45, 7) is 0.722. The van der Waals surface area contributed by atoms with Crippen molar-refractivity contribution in [3.8, 4) is 0 Å². The molecule has 2 heterocycles. The van der Waals surface area contributed by atoms with Crippen LogP contribution in [0.1, 0.15) is 11.1 Å². The number of amides is 1.